The molecule has 0 aliphatic carbocycles. The number of nitrogens with zero attached hydrogens (tertiary/aromatic N) is 1. The molecule has 102 valence electrons. The summed E-state index contributed by atoms with van der Waals surface area (Å²) < 4.78 is 5.61. The predicted octanol–water partition coefficient (Wildman–Crippen LogP) is 2.99. The van der Waals surface area contributed by atoms with E-state index in [1.165, 1.54) is 17.4 Å². The minimum Gasteiger partial charge on any atom is -0.464 e. The first-order valence-electron chi connectivity index (χ1n) is 7.21. The van der Waals surface area contributed by atoms with Crippen LogP contribution in [-0.2, 0) is 6.54 Å². The van der Waals surface area contributed by atoms with Gasteiger partial charge in [-0.2, -0.15) is 0 Å². The molecule has 2 unspecified atom stereocenters. The van der Waals surface area contributed by atoms with Crippen LogP contribution in [0.4, 0.5) is 0 Å². The van der Waals surface area contributed by atoms with Crippen LogP contribution in [0.1, 0.15) is 25.3 Å². The Morgan fingerprint density at radius 2 is 2.21 bits per heavy atom. The topological polar surface area (TPSA) is 42.4 Å². The molecule has 1 aromatic carbocycles. The zero-order valence-corrected chi connectivity index (χ0v) is 11.5. The van der Waals surface area contributed by atoms with Crippen molar-refractivity contribution in [3.05, 3.63) is 36.1 Å². The number of rotatable bonds is 3. The highest BCUT2D eigenvalue weighted by Crippen LogP contribution is 2.25. The highest BCUT2D eigenvalue weighted by Gasteiger charge is 2.25. The Morgan fingerprint density at radius 3 is 3.05 bits per heavy atom. The van der Waals surface area contributed by atoms with E-state index < -0.39 is 0 Å². The molecule has 3 heteroatoms. The first-order valence-corrected chi connectivity index (χ1v) is 7.21. The minimum absolute atomic E-state index is 0.377. The molecule has 1 aromatic heterocycles. The maximum atomic E-state index is 6.17. The molecule has 19 heavy (non-hydrogen) atoms. The Bertz CT molecular complexity index is 548. The first kappa shape index (κ1) is 12.7. The number of nitrogens with two attached hydrogens (primary N) is 1. The van der Waals surface area contributed by atoms with Crippen molar-refractivity contribution in [2.24, 2.45) is 11.7 Å². The zero-order valence-electron chi connectivity index (χ0n) is 11.5. The lowest BCUT2D eigenvalue weighted by Gasteiger charge is -2.36. The molecule has 2 atom stereocenters. The maximum Gasteiger partial charge on any atom is 0.134 e. The van der Waals surface area contributed by atoms with Gasteiger partial charge >= 0.3 is 0 Å². The summed E-state index contributed by atoms with van der Waals surface area (Å²) in [6.07, 6.45) is 4.18. The molecule has 1 aliphatic heterocycles. The van der Waals surface area contributed by atoms with Gasteiger partial charge in [0.2, 0.25) is 0 Å². The van der Waals surface area contributed by atoms with Crippen molar-refractivity contribution in [2.75, 3.05) is 13.1 Å². The minimum atomic E-state index is 0.377. The van der Waals surface area contributed by atoms with Crippen LogP contribution in [-0.4, -0.2) is 24.0 Å². The van der Waals surface area contributed by atoms with Crippen LogP contribution in [0.25, 0.3) is 11.0 Å². The Kier molecular flexibility index (Phi) is 3.58. The fourth-order valence-electron chi connectivity index (χ4n) is 3.10. The van der Waals surface area contributed by atoms with E-state index >= 15 is 0 Å². The van der Waals surface area contributed by atoms with Crippen LogP contribution in [0.15, 0.2) is 34.9 Å². The summed E-state index contributed by atoms with van der Waals surface area (Å²) in [5.74, 6) is 0.631. The molecule has 0 spiro atoms. The smallest absolute Gasteiger partial charge is 0.134 e. The molecule has 3 nitrogen and oxygen atoms in total. The summed E-state index contributed by atoms with van der Waals surface area (Å²) in [4.78, 5) is 2.51. The van der Waals surface area contributed by atoms with Gasteiger partial charge < -0.3 is 10.2 Å². The van der Waals surface area contributed by atoms with E-state index in [2.05, 4.69) is 24.0 Å². The van der Waals surface area contributed by atoms with Gasteiger partial charge in [-0.3, -0.25) is 4.90 Å². The quantitative estimate of drug-likeness (QED) is 0.920. The molecule has 2 heterocycles. The number of benzene rings is 1. The standard InChI is InChI=1S/C16H22N2O/c1-2-12-9-18(8-7-15(12)17)10-13-11-19-16-6-4-3-5-14(13)16/h3-6,11-12,15H,2,7-10,17H2,1H3. The van der Waals surface area contributed by atoms with Gasteiger partial charge in [0.1, 0.15) is 5.58 Å². The molecule has 0 radical (unpaired) electrons. The van der Waals surface area contributed by atoms with Gasteiger partial charge in [0.05, 0.1) is 6.26 Å². The molecule has 0 bridgehead atoms. The van der Waals surface area contributed by atoms with E-state index in [0.29, 0.717) is 12.0 Å². The van der Waals surface area contributed by atoms with Gasteiger partial charge in [0.15, 0.2) is 0 Å². The molecule has 1 fully saturated rings. The number of likely N-dealkylation sites (tertiary alicyclic amines) is 1. The van der Waals surface area contributed by atoms with Gasteiger partial charge in [-0.15, -0.1) is 0 Å². The lowest BCUT2D eigenvalue weighted by atomic mass is 9.90. The van der Waals surface area contributed by atoms with Crippen LogP contribution in [0.3, 0.4) is 0 Å². The molecule has 2 aromatic rings. The molecule has 0 saturated carbocycles. The number of furan rings is 1. The number of fused-ring (bicyclic) bond motifs is 1. The second-order valence-corrected chi connectivity index (χ2v) is 5.61. The third kappa shape index (κ3) is 2.53. The summed E-state index contributed by atoms with van der Waals surface area (Å²) in [5, 5.41) is 1.24. The van der Waals surface area contributed by atoms with Crippen molar-refractivity contribution in [3.8, 4) is 0 Å². The third-order valence-corrected chi connectivity index (χ3v) is 4.36. The third-order valence-electron chi connectivity index (χ3n) is 4.36. The molecule has 1 aliphatic rings. The summed E-state index contributed by atoms with van der Waals surface area (Å²) in [6, 6.07) is 8.63. The lowest BCUT2D eigenvalue weighted by molar-refractivity contribution is 0.145. The van der Waals surface area contributed by atoms with Crippen molar-refractivity contribution in [3.63, 3.8) is 0 Å². The van der Waals surface area contributed by atoms with Crippen molar-refractivity contribution in [2.45, 2.75) is 32.4 Å². The van der Waals surface area contributed by atoms with Crippen LogP contribution >= 0.6 is 0 Å². The Morgan fingerprint density at radius 1 is 1.37 bits per heavy atom. The molecule has 0 amide bonds. The van der Waals surface area contributed by atoms with Gasteiger partial charge in [-0.1, -0.05) is 31.5 Å². The fourth-order valence-corrected chi connectivity index (χ4v) is 3.10. The van der Waals surface area contributed by atoms with Gasteiger partial charge in [-0.05, 0) is 24.9 Å². The Labute approximate surface area is 114 Å². The fraction of sp³-hybridized carbons (Fsp3) is 0.500. The normalized spacial score (nSPS) is 24.9. The van der Waals surface area contributed by atoms with E-state index in [-0.39, 0.29) is 0 Å². The molecular formula is C16H22N2O. The molecular weight excluding hydrogens is 236 g/mol. The highest BCUT2D eigenvalue weighted by atomic mass is 16.3. The van der Waals surface area contributed by atoms with E-state index in [1.54, 1.807) is 0 Å². The number of para-hydroxylation sites is 1. The van der Waals surface area contributed by atoms with E-state index in [9.17, 15) is 0 Å². The van der Waals surface area contributed by atoms with Gasteiger partial charge in [0, 0.05) is 30.1 Å². The van der Waals surface area contributed by atoms with E-state index in [4.69, 9.17) is 10.2 Å². The number of hydrogen-bond donors (Lipinski definition) is 1. The second-order valence-electron chi connectivity index (χ2n) is 5.61. The first-order chi connectivity index (χ1) is 9.28. The Hall–Kier alpha value is -1.32. The second kappa shape index (κ2) is 5.35. The SMILES string of the molecule is CCC1CN(Cc2coc3ccccc23)CCC1N. The molecule has 3 rings (SSSR count). The lowest BCUT2D eigenvalue weighted by Crippen LogP contribution is -2.46. The van der Waals surface area contributed by atoms with E-state index in [0.717, 1.165) is 31.6 Å². The zero-order chi connectivity index (χ0) is 13.2. The highest BCUT2D eigenvalue weighted by molar-refractivity contribution is 5.80. The average Bonchev–Trinajstić information content (AvgIpc) is 2.84. The van der Waals surface area contributed by atoms with Crippen LogP contribution in [0, 0.1) is 5.92 Å². The van der Waals surface area contributed by atoms with Gasteiger partial charge in [-0.25, -0.2) is 0 Å². The maximum absolute atomic E-state index is 6.17. The largest absolute Gasteiger partial charge is 0.464 e. The van der Waals surface area contributed by atoms with Crippen molar-refractivity contribution in [1.29, 1.82) is 0 Å². The monoisotopic (exact) mass is 258 g/mol. The van der Waals surface area contributed by atoms with Gasteiger partial charge in [0.25, 0.3) is 0 Å². The molecule has 1 saturated heterocycles. The van der Waals surface area contributed by atoms with Crippen LogP contribution in [0.5, 0.6) is 0 Å². The van der Waals surface area contributed by atoms with Crippen molar-refractivity contribution in [1.82, 2.24) is 4.90 Å². The average molecular weight is 258 g/mol. The van der Waals surface area contributed by atoms with Crippen molar-refractivity contribution < 1.29 is 4.42 Å². The summed E-state index contributed by atoms with van der Waals surface area (Å²) in [6.45, 7) is 5.41. The summed E-state index contributed by atoms with van der Waals surface area (Å²) in [7, 11) is 0. The van der Waals surface area contributed by atoms with Crippen molar-refractivity contribution >= 4 is 11.0 Å². The Balaban J connectivity index is 1.74. The predicted molar refractivity (Wildman–Crippen MR) is 77.9 cm³/mol. The molecule has 2 N–H and O–H groups in total. The number of piperidine rings is 1. The number of hydrogen-bond acceptors (Lipinski definition) is 3. The van der Waals surface area contributed by atoms with E-state index in [1.807, 2.05) is 18.4 Å². The van der Waals surface area contributed by atoms with Crippen LogP contribution < -0.4 is 5.73 Å². The van der Waals surface area contributed by atoms with Crippen LogP contribution in [0.2, 0.25) is 0 Å². The summed E-state index contributed by atoms with van der Waals surface area (Å²) in [5.41, 5.74) is 8.45. The summed E-state index contributed by atoms with van der Waals surface area (Å²) >= 11 is 0.